The molecule has 1 saturated carbocycles. The average Bonchev–Trinajstić information content (AvgIpc) is 3.46. The third-order valence-electron chi connectivity index (χ3n) is 6.46. The van der Waals surface area contributed by atoms with Gasteiger partial charge in [-0.1, -0.05) is 72.0 Å². The molecule has 32 heavy (non-hydrogen) atoms. The molecule has 2 unspecified atom stereocenters. The maximum absolute atomic E-state index is 3.36. The minimum atomic E-state index is 0. The van der Waals surface area contributed by atoms with Gasteiger partial charge in [-0.2, -0.15) is 23.8 Å². The van der Waals surface area contributed by atoms with Crippen LogP contribution in [0.15, 0.2) is 96.1 Å². The van der Waals surface area contributed by atoms with Gasteiger partial charge < -0.3 is 24.8 Å². The Bertz CT molecular complexity index is 917. The summed E-state index contributed by atoms with van der Waals surface area (Å²) in [4.78, 5) is 0. The van der Waals surface area contributed by atoms with Crippen LogP contribution in [0.2, 0.25) is 0 Å². The fourth-order valence-corrected chi connectivity index (χ4v) is 5.38. The summed E-state index contributed by atoms with van der Waals surface area (Å²) in [5, 5.41) is 0. The Morgan fingerprint density at radius 2 is 1.72 bits per heavy atom. The molecule has 4 aliphatic carbocycles. The summed E-state index contributed by atoms with van der Waals surface area (Å²) in [6, 6.07) is 19.1. The van der Waals surface area contributed by atoms with E-state index in [1.165, 1.54) is 37.7 Å². The van der Waals surface area contributed by atoms with Crippen molar-refractivity contribution in [3.8, 4) is 0 Å². The van der Waals surface area contributed by atoms with Crippen molar-refractivity contribution < 1.29 is 51.0 Å². The zero-order valence-corrected chi connectivity index (χ0v) is 22.8. The first-order chi connectivity index (χ1) is 14.3. The van der Waals surface area contributed by atoms with Gasteiger partial charge in [-0.25, -0.2) is 24.1 Å². The van der Waals surface area contributed by atoms with Crippen LogP contribution >= 0.6 is 0 Å². The normalized spacial score (nSPS) is 21.0. The van der Waals surface area contributed by atoms with E-state index in [0.29, 0.717) is 0 Å². The number of allylic oxidation sites excluding steroid dienone is 7. The first-order valence-corrected chi connectivity index (χ1v) is 11.1. The number of hydrogen-bond acceptors (Lipinski definition) is 0. The maximum atomic E-state index is 3.36. The molecular formula is C29H32Cl2Zr. The van der Waals surface area contributed by atoms with Crippen LogP contribution in [0, 0.1) is 18.3 Å². The van der Waals surface area contributed by atoms with Crippen molar-refractivity contribution in [1.29, 1.82) is 0 Å². The van der Waals surface area contributed by atoms with Gasteiger partial charge >= 0.3 is 26.2 Å². The molecule has 0 nitrogen and oxygen atoms in total. The van der Waals surface area contributed by atoms with Crippen molar-refractivity contribution in [2.24, 2.45) is 11.8 Å². The van der Waals surface area contributed by atoms with Crippen LogP contribution in [0.25, 0.3) is 5.57 Å². The minimum Gasteiger partial charge on any atom is -1.00 e. The van der Waals surface area contributed by atoms with Crippen molar-refractivity contribution in [1.82, 2.24) is 0 Å². The number of hydrogen-bond donors (Lipinski definition) is 0. The molecule has 166 valence electrons. The number of benzene rings is 1. The summed E-state index contributed by atoms with van der Waals surface area (Å²) in [5.41, 5.74) is 9.71. The molecular weight excluding hydrogens is 510 g/mol. The largest absolute Gasteiger partial charge is 4.00 e. The molecule has 0 N–H and O–H groups in total. The van der Waals surface area contributed by atoms with Crippen LogP contribution in [-0.4, -0.2) is 0 Å². The molecule has 2 aromatic rings. The average molecular weight is 543 g/mol. The smallest absolute Gasteiger partial charge is 1.00 e. The van der Waals surface area contributed by atoms with Gasteiger partial charge in [0.05, 0.1) is 0 Å². The molecule has 2 aromatic carbocycles. The predicted octanol–water partition coefficient (Wildman–Crippen LogP) is 1.88. The van der Waals surface area contributed by atoms with Crippen molar-refractivity contribution >= 4 is 5.57 Å². The molecule has 0 spiro atoms. The van der Waals surface area contributed by atoms with Gasteiger partial charge in [0.25, 0.3) is 0 Å². The first-order valence-electron chi connectivity index (χ1n) is 11.1. The number of halogens is 2. The standard InChI is InChI=1S/C21H21.C5H5.C3H6.2ClH.Zr/c1-2-8-15-14(7-1)13-20-18-11-4-3-9-16(18)17-10-5-6-12-19(17)21(15)20;1-2-4-5-3-1;1-3-2;;;/h1-2,6-8,11-12,16-17H,3-5,9-10,13H2;1-5H;3H,1H2,2H3;2*1H;/q2*-1;;;;+4/p-2. The first kappa shape index (κ1) is 28.9. The van der Waals surface area contributed by atoms with Gasteiger partial charge in [-0.15, -0.1) is 13.0 Å². The van der Waals surface area contributed by atoms with E-state index in [4.69, 9.17) is 0 Å². The van der Waals surface area contributed by atoms with E-state index in [-0.39, 0.29) is 51.0 Å². The molecule has 0 amide bonds. The monoisotopic (exact) mass is 540 g/mol. The molecule has 1 fully saturated rings. The Morgan fingerprint density at radius 3 is 2.41 bits per heavy atom. The topological polar surface area (TPSA) is 0 Å². The van der Waals surface area contributed by atoms with Gasteiger partial charge in [0, 0.05) is 0 Å². The van der Waals surface area contributed by atoms with Crippen molar-refractivity contribution in [3.63, 3.8) is 0 Å². The predicted molar refractivity (Wildman–Crippen MR) is 126 cm³/mol. The summed E-state index contributed by atoms with van der Waals surface area (Å²) >= 11 is 0. The van der Waals surface area contributed by atoms with Crippen molar-refractivity contribution in [2.45, 2.75) is 45.4 Å². The quantitative estimate of drug-likeness (QED) is 0.353. The molecule has 0 radical (unpaired) electrons. The van der Waals surface area contributed by atoms with Crippen LogP contribution in [0.1, 0.15) is 50.2 Å². The van der Waals surface area contributed by atoms with E-state index in [0.717, 1.165) is 18.3 Å². The van der Waals surface area contributed by atoms with Gasteiger partial charge in [-0.3, -0.25) is 0 Å². The van der Waals surface area contributed by atoms with Gasteiger partial charge in [-0.05, 0) is 43.6 Å². The SMILES string of the molecule is C1=CC2=C3C(=C4[CH-]CCCC4C2CC1)Cc1ccccc13.C=CC.[Cl-].[Cl-].[Zr+4].c1cc[cH-]c1. The summed E-state index contributed by atoms with van der Waals surface area (Å²) in [5.74, 6) is 1.60. The second kappa shape index (κ2) is 14.2. The Balaban J connectivity index is 0.000000404. The fraction of sp³-hybridized carbons (Fsp3) is 0.310. The molecule has 0 aliphatic heterocycles. The summed E-state index contributed by atoms with van der Waals surface area (Å²) in [7, 11) is 0. The molecule has 2 atom stereocenters. The van der Waals surface area contributed by atoms with E-state index in [2.05, 4.69) is 49.4 Å². The Labute approximate surface area is 226 Å². The minimum absolute atomic E-state index is 0. The van der Waals surface area contributed by atoms with E-state index < -0.39 is 0 Å². The van der Waals surface area contributed by atoms with E-state index in [1.807, 2.05) is 37.3 Å². The van der Waals surface area contributed by atoms with Crippen LogP contribution in [0.5, 0.6) is 0 Å². The molecule has 0 heterocycles. The number of rotatable bonds is 0. The zero-order valence-electron chi connectivity index (χ0n) is 18.9. The molecule has 0 bridgehead atoms. The van der Waals surface area contributed by atoms with Gasteiger partial charge in [0.15, 0.2) is 0 Å². The summed E-state index contributed by atoms with van der Waals surface area (Å²) in [6.07, 6.45) is 17.0. The third kappa shape index (κ3) is 6.05. The van der Waals surface area contributed by atoms with E-state index in [9.17, 15) is 0 Å². The maximum Gasteiger partial charge on any atom is 4.00 e. The van der Waals surface area contributed by atoms with Crippen LogP contribution in [0.3, 0.4) is 0 Å². The molecule has 0 saturated heterocycles. The van der Waals surface area contributed by atoms with Crippen molar-refractivity contribution in [3.05, 3.63) is 114 Å². The van der Waals surface area contributed by atoms with E-state index >= 15 is 0 Å². The Morgan fingerprint density at radius 1 is 1.00 bits per heavy atom. The summed E-state index contributed by atoms with van der Waals surface area (Å²) in [6.45, 7) is 5.25. The van der Waals surface area contributed by atoms with Crippen LogP contribution in [0.4, 0.5) is 0 Å². The Kier molecular flexibility index (Phi) is 12.8. The molecule has 6 rings (SSSR count). The van der Waals surface area contributed by atoms with Gasteiger partial charge in [0.2, 0.25) is 0 Å². The van der Waals surface area contributed by atoms with Crippen LogP contribution in [-0.2, 0) is 32.6 Å². The molecule has 3 heteroatoms. The Hall–Kier alpha value is -1.14. The zero-order chi connectivity index (χ0) is 20.1. The van der Waals surface area contributed by atoms with E-state index in [1.54, 1.807) is 33.9 Å². The van der Waals surface area contributed by atoms with Crippen LogP contribution < -0.4 is 24.8 Å². The molecule has 4 aliphatic rings. The van der Waals surface area contributed by atoms with Gasteiger partial charge in [0.1, 0.15) is 0 Å². The van der Waals surface area contributed by atoms with Crippen molar-refractivity contribution in [2.75, 3.05) is 0 Å². The second-order valence-electron chi connectivity index (χ2n) is 8.30. The molecule has 0 aromatic heterocycles. The second-order valence-corrected chi connectivity index (χ2v) is 8.30. The third-order valence-corrected chi connectivity index (χ3v) is 6.46. The summed E-state index contributed by atoms with van der Waals surface area (Å²) < 4.78 is 0. The fourth-order valence-electron chi connectivity index (χ4n) is 5.38. The number of fused-ring (bicyclic) bond motifs is 6.